The second kappa shape index (κ2) is 9.06. The number of rotatable bonds is 5. The van der Waals surface area contributed by atoms with Gasteiger partial charge in [0, 0.05) is 25.7 Å². The minimum atomic E-state index is -0.303. The third-order valence-electron chi connectivity index (χ3n) is 4.77. The number of nitrogens with zero attached hydrogens (tertiary/aromatic N) is 2. The number of benzene rings is 1. The van der Waals surface area contributed by atoms with E-state index in [1.165, 1.54) is 11.3 Å². The van der Waals surface area contributed by atoms with Crippen molar-refractivity contribution in [2.45, 2.75) is 0 Å². The molecule has 2 aromatic heterocycles. The number of thiophene rings is 1. The molecule has 2 amide bonds. The van der Waals surface area contributed by atoms with E-state index in [1.54, 1.807) is 25.2 Å². The first-order valence-corrected chi connectivity index (χ1v) is 10.5. The molecule has 0 atom stereocenters. The Morgan fingerprint density at radius 3 is 2.53 bits per heavy atom. The zero-order chi connectivity index (χ0) is 20.9. The molecule has 0 aliphatic carbocycles. The van der Waals surface area contributed by atoms with Crippen molar-refractivity contribution in [2.24, 2.45) is 0 Å². The topological polar surface area (TPSA) is 83.6 Å². The summed E-state index contributed by atoms with van der Waals surface area (Å²) in [6.45, 7) is 2.92. The average Bonchev–Trinajstić information content (AvgIpc) is 3.26. The maximum atomic E-state index is 13.0. The van der Waals surface area contributed by atoms with Crippen molar-refractivity contribution in [1.29, 1.82) is 0 Å². The van der Waals surface area contributed by atoms with Gasteiger partial charge in [0.05, 0.1) is 23.1 Å². The van der Waals surface area contributed by atoms with E-state index in [4.69, 9.17) is 4.74 Å². The highest BCUT2D eigenvalue weighted by Crippen LogP contribution is 2.39. The van der Waals surface area contributed by atoms with Gasteiger partial charge in [-0.1, -0.05) is 36.4 Å². The second-order valence-corrected chi connectivity index (χ2v) is 7.77. The molecule has 3 heterocycles. The Morgan fingerprint density at radius 1 is 1.03 bits per heavy atom. The fourth-order valence-corrected chi connectivity index (χ4v) is 4.38. The fraction of sp³-hybridized carbons (Fsp3) is 0.227. The zero-order valence-corrected chi connectivity index (χ0v) is 17.4. The van der Waals surface area contributed by atoms with Crippen molar-refractivity contribution >= 4 is 34.0 Å². The van der Waals surface area contributed by atoms with Gasteiger partial charge in [-0.2, -0.15) is 0 Å². The summed E-state index contributed by atoms with van der Waals surface area (Å²) in [5, 5.41) is 6.40. The summed E-state index contributed by atoms with van der Waals surface area (Å²) in [4.78, 5) is 31.8. The Bertz CT molecular complexity index is 1050. The van der Waals surface area contributed by atoms with E-state index >= 15 is 0 Å². The number of aromatic nitrogens is 1. The number of hydrogen-bond donors (Lipinski definition) is 2. The van der Waals surface area contributed by atoms with Gasteiger partial charge >= 0.3 is 0 Å². The Hall–Kier alpha value is -3.23. The first kappa shape index (κ1) is 20.1. The highest BCUT2D eigenvalue weighted by Gasteiger charge is 2.22. The molecule has 1 aromatic carbocycles. The Morgan fingerprint density at radius 2 is 1.80 bits per heavy atom. The number of hydrogen-bond acceptors (Lipinski definition) is 6. The van der Waals surface area contributed by atoms with Gasteiger partial charge in [0.15, 0.2) is 0 Å². The van der Waals surface area contributed by atoms with Gasteiger partial charge in [0.25, 0.3) is 11.8 Å². The minimum Gasteiger partial charge on any atom is -0.378 e. The molecule has 8 heteroatoms. The van der Waals surface area contributed by atoms with Crippen LogP contribution in [0.15, 0.2) is 54.6 Å². The number of carbonyl (C=O) groups is 2. The third kappa shape index (κ3) is 4.34. The van der Waals surface area contributed by atoms with Crippen LogP contribution in [0.25, 0.3) is 11.1 Å². The van der Waals surface area contributed by atoms with E-state index in [0.717, 1.165) is 29.2 Å². The fourth-order valence-electron chi connectivity index (χ4n) is 3.26. The number of carbonyl (C=O) groups excluding carboxylic acids is 2. The largest absolute Gasteiger partial charge is 0.378 e. The second-order valence-electron chi connectivity index (χ2n) is 6.74. The third-order valence-corrected chi connectivity index (χ3v) is 5.96. The molecule has 154 valence electrons. The number of ether oxygens (including phenoxy) is 1. The molecule has 1 saturated heterocycles. The molecular formula is C22H22N4O3S. The number of amides is 2. The van der Waals surface area contributed by atoms with Gasteiger partial charge in [-0.25, -0.2) is 4.98 Å². The smallest absolute Gasteiger partial charge is 0.269 e. The molecular weight excluding hydrogens is 400 g/mol. The van der Waals surface area contributed by atoms with Crippen LogP contribution in [0.2, 0.25) is 0 Å². The van der Waals surface area contributed by atoms with Crippen molar-refractivity contribution in [3.05, 3.63) is 65.2 Å². The SMILES string of the molecule is CNC(=O)c1cccc(NC(=O)c2cc(-c3ccccc3)c(N3CCOCC3)s2)n1. The van der Waals surface area contributed by atoms with Crippen molar-refractivity contribution < 1.29 is 14.3 Å². The monoisotopic (exact) mass is 422 g/mol. The molecule has 3 aromatic rings. The maximum absolute atomic E-state index is 13.0. The van der Waals surface area contributed by atoms with Gasteiger partial charge in [-0.3, -0.25) is 9.59 Å². The van der Waals surface area contributed by atoms with Crippen molar-refractivity contribution in [3.63, 3.8) is 0 Å². The highest BCUT2D eigenvalue weighted by molar-refractivity contribution is 7.18. The van der Waals surface area contributed by atoms with Crippen molar-refractivity contribution in [3.8, 4) is 11.1 Å². The first-order chi connectivity index (χ1) is 14.7. The zero-order valence-electron chi connectivity index (χ0n) is 16.6. The normalized spacial score (nSPS) is 13.7. The molecule has 0 saturated carbocycles. The summed E-state index contributed by atoms with van der Waals surface area (Å²) >= 11 is 1.45. The van der Waals surface area contributed by atoms with E-state index in [2.05, 4.69) is 20.5 Å². The quantitative estimate of drug-likeness (QED) is 0.659. The van der Waals surface area contributed by atoms with E-state index in [9.17, 15) is 9.59 Å². The minimum absolute atomic E-state index is 0.250. The van der Waals surface area contributed by atoms with Crippen LogP contribution in [-0.2, 0) is 4.74 Å². The predicted octanol–water partition coefficient (Wildman–Crippen LogP) is 3.26. The van der Waals surface area contributed by atoms with E-state index in [-0.39, 0.29) is 17.5 Å². The van der Waals surface area contributed by atoms with E-state index in [0.29, 0.717) is 23.9 Å². The lowest BCUT2D eigenvalue weighted by Crippen LogP contribution is -2.35. The van der Waals surface area contributed by atoms with Gasteiger partial charge < -0.3 is 20.3 Å². The van der Waals surface area contributed by atoms with Crippen LogP contribution in [0.4, 0.5) is 10.8 Å². The standard InChI is InChI=1S/C22H22N4O3S/c1-23-20(27)17-8-5-9-19(24-17)25-21(28)18-14-16(15-6-3-2-4-7-15)22(30-18)26-10-12-29-13-11-26/h2-9,14H,10-13H2,1H3,(H,23,27)(H,24,25,28). The Balaban J connectivity index is 1.63. The first-order valence-electron chi connectivity index (χ1n) is 9.68. The molecule has 1 fully saturated rings. The van der Waals surface area contributed by atoms with Crippen molar-refractivity contribution in [1.82, 2.24) is 10.3 Å². The summed E-state index contributed by atoms with van der Waals surface area (Å²) in [6.07, 6.45) is 0. The van der Waals surface area contributed by atoms with Gasteiger partial charge in [-0.15, -0.1) is 11.3 Å². The lowest BCUT2D eigenvalue weighted by molar-refractivity contribution is 0.0956. The molecule has 30 heavy (non-hydrogen) atoms. The van der Waals surface area contributed by atoms with Crippen LogP contribution >= 0.6 is 11.3 Å². The molecule has 0 radical (unpaired) electrons. The van der Waals surface area contributed by atoms with E-state index in [1.807, 2.05) is 36.4 Å². The molecule has 1 aliphatic rings. The molecule has 7 nitrogen and oxygen atoms in total. The van der Waals surface area contributed by atoms with Crippen LogP contribution in [0, 0.1) is 0 Å². The summed E-state index contributed by atoms with van der Waals surface area (Å²) in [5.41, 5.74) is 2.34. The van der Waals surface area contributed by atoms with Crippen LogP contribution in [0.5, 0.6) is 0 Å². The van der Waals surface area contributed by atoms with Gasteiger partial charge in [0.1, 0.15) is 11.5 Å². The summed E-state index contributed by atoms with van der Waals surface area (Å²) in [5.74, 6) is -0.217. The summed E-state index contributed by atoms with van der Waals surface area (Å²) in [6, 6.07) is 16.9. The number of anilines is 2. The number of pyridine rings is 1. The number of morpholine rings is 1. The van der Waals surface area contributed by atoms with Crippen molar-refractivity contribution in [2.75, 3.05) is 43.6 Å². The Kier molecular flexibility index (Phi) is 6.06. The average molecular weight is 423 g/mol. The van der Waals surface area contributed by atoms with Gasteiger partial charge in [0.2, 0.25) is 0 Å². The van der Waals surface area contributed by atoms with Crippen LogP contribution in [-0.4, -0.2) is 50.1 Å². The maximum Gasteiger partial charge on any atom is 0.269 e. The summed E-state index contributed by atoms with van der Waals surface area (Å²) in [7, 11) is 1.54. The van der Waals surface area contributed by atoms with E-state index < -0.39 is 0 Å². The number of nitrogens with one attached hydrogen (secondary N) is 2. The van der Waals surface area contributed by atoms with Crippen LogP contribution in [0.3, 0.4) is 0 Å². The lowest BCUT2D eigenvalue weighted by Gasteiger charge is -2.28. The molecule has 0 bridgehead atoms. The Labute approximate surface area is 178 Å². The highest BCUT2D eigenvalue weighted by atomic mass is 32.1. The molecule has 0 unspecified atom stereocenters. The molecule has 2 N–H and O–H groups in total. The lowest BCUT2D eigenvalue weighted by atomic mass is 10.1. The van der Waals surface area contributed by atoms with Crippen LogP contribution < -0.4 is 15.5 Å². The van der Waals surface area contributed by atoms with Crippen LogP contribution in [0.1, 0.15) is 20.2 Å². The molecule has 1 aliphatic heterocycles. The molecule has 4 rings (SSSR count). The van der Waals surface area contributed by atoms with Gasteiger partial charge in [-0.05, 0) is 23.8 Å². The molecule has 0 spiro atoms. The predicted molar refractivity (Wildman–Crippen MR) is 118 cm³/mol. The summed E-state index contributed by atoms with van der Waals surface area (Å²) < 4.78 is 5.48.